The van der Waals surface area contributed by atoms with Crippen LogP contribution < -0.4 is 10.6 Å². The minimum Gasteiger partial charge on any atom is -0.355 e. The molecule has 0 bridgehead atoms. The SMILES string of the molecule is CCNC(=O)CNC(=O)c1cc(C2CC2)nc2c1c(C)nn2[C@@H]1CCS(=O)(=O)C1. The van der Waals surface area contributed by atoms with Crippen molar-refractivity contribution in [3.8, 4) is 0 Å². The molecule has 1 saturated carbocycles. The molecule has 4 rings (SSSR count). The van der Waals surface area contributed by atoms with Crippen LogP contribution >= 0.6 is 0 Å². The highest BCUT2D eigenvalue weighted by molar-refractivity contribution is 7.91. The number of carbonyl (C=O) groups excluding carboxylic acids is 2. The molecule has 0 unspecified atom stereocenters. The third kappa shape index (κ3) is 3.98. The Hall–Kier alpha value is -2.49. The van der Waals surface area contributed by atoms with Gasteiger partial charge in [-0.1, -0.05) is 0 Å². The lowest BCUT2D eigenvalue weighted by atomic mass is 10.1. The van der Waals surface area contributed by atoms with E-state index < -0.39 is 9.84 Å². The van der Waals surface area contributed by atoms with Crippen molar-refractivity contribution in [1.29, 1.82) is 0 Å². The van der Waals surface area contributed by atoms with Crippen LogP contribution in [-0.2, 0) is 14.6 Å². The maximum Gasteiger partial charge on any atom is 0.252 e. The summed E-state index contributed by atoms with van der Waals surface area (Å²) in [6.07, 6.45) is 2.53. The standard InChI is InChI=1S/C19H25N5O4S/c1-3-20-16(25)9-21-19(26)14-8-15(12-4-5-12)22-18-17(14)11(2)23-24(18)13-6-7-29(27,28)10-13/h8,12-13H,3-7,9-10H2,1-2H3,(H,20,25)(H,21,26)/t13-/m1/s1. The fraction of sp³-hybridized carbons (Fsp3) is 0.579. The van der Waals surface area contributed by atoms with E-state index >= 15 is 0 Å². The Morgan fingerprint density at radius 3 is 2.62 bits per heavy atom. The van der Waals surface area contributed by atoms with E-state index in [1.54, 1.807) is 17.7 Å². The van der Waals surface area contributed by atoms with Crippen molar-refractivity contribution in [2.45, 2.75) is 45.1 Å². The number of nitrogens with one attached hydrogen (secondary N) is 2. The molecular weight excluding hydrogens is 394 g/mol. The first-order valence-corrected chi connectivity index (χ1v) is 11.8. The zero-order valence-electron chi connectivity index (χ0n) is 16.6. The molecule has 9 nitrogen and oxygen atoms in total. The average molecular weight is 420 g/mol. The van der Waals surface area contributed by atoms with Crippen LogP contribution in [-0.4, -0.2) is 59.6 Å². The Morgan fingerprint density at radius 1 is 1.24 bits per heavy atom. The molecular formula is C19H25N5O4S. The number of pyridine rings is 1. The fourth-order valence-electron chi connectivity index (χ4n) is 3.84. The van der Waals surface area contributed by atoms with E-state index in [1.165, 1.54) is 0 Å². The highest BCUT2D eigenvalue weighted by Gasteiger charge is 2.34. The summed E-state index contributed by atoms with van der Waals surface area (Å²) in [6, 6.07) is 1.52. The fourth-order valence-corrected chi connectivity index (χ4v) is 5.53. The van der Waals surface area contributed by atoms with Gasteiger partial charge in [-0.25, -0.2) is 18.1 Å². The number of fused-ring (bicyclic) bond motifs is 1. The normalized spacial score (nSPS) is 20.7. The quantitative estimate of drug-likeness (QED) is 0.715. The van der Waals surface area contributed by atoms with Gasteiger partial charge in [0.1, 0.15) is 0 Å². The van der Waals surface area contributed by atoms with Crippen LogP contribution in [0, 0.1) is 6.92 Å². The predicted octanol–water partition coefficient (Wildman–Crippen LogP) is 0.843. The van der Waals surface area contributed by atoms with E-state index in [9.17, 15) is 18.0 Å². The molecule has 1 atom stereocenters. The second-order valence-corrected chi connectivity index (χ2v) is 10.0. The number of hydrogen-bond donors (Lipinski definition) is 2. The summed E-state index contributed by atoms with van der Waals surface area (Å²) in [5.74, 6) is -0.118. The van der Waals surface area contributed by atoms with Gasteiger partial charge in [-0.05, 0) is 39.2 Å². The van der Waals surface area contributed by atoms with Gasteiger partial charge >= 0.3 is 0 Å². The van der Waals surface area contributed by atoms with Crippen LogP contribution in [0.25, 0.3) is 11.0 Å². The monoisotopic (exact) mass is 419 g/mol. The molecule has 0 radical (unpaired) electrons. The topological polar surface area (TPSA) is 123 Å². The Balaban J connectivity index is 1.74. The number of likely N-dealkylation sites (N-methyl/N-ethyl adjacent to an activating group) is 1. The molecule has 2 N–H and O–H groups in total. The van der Waals surface area contributed by atoms with Crippen LogP contribution in [0.5, 0.6) is 0 Å². The predicted molar refractivity (Wildman–Crippen MR) is 108 cm³/mol. The molecule has 1 aliphatic heterocycles. The van der Waals surface area contributed by atoms with Crippen LogP contribution in [0.15, 0.2) is 6.07 Å². The number of rotatable bonds is 6. The Morgan fingerprint density at radius 2 is 2.00 bits per heavy atom. The molecule has 0 spiro atoms. The number of aryl methyl sites for hydroxylation is 1. The first kappa shape index (κ1) is 19.8. The molecule has 1 saturated heterocycles. The van der Waals surface area contributed by atoms with Gasteiger partial charge in [-0.15, -0.1) is 0 Å². The number of amides is 2. The van der Waals surface area contributed by atoms with Crippen molar-refractivity contribution in [2.24, 2.45) is 0 Å². The summed E-state index contributed by atoms with van der Waals surface area (Å²) >= 11 is 0. The van der Waals surface area contributed by atoms with Crippen molar-refractivity contribution in [3.05, 3.63) is 23.0 Å². The van der Waals surface area contributed by atoms with E-state index in [4.69, 9.17) is 4.98 Å². The first-order chi connectivity index (χ1) is 13.8. The molecule has 2 aliphatic rings. The van der Waals surface area contributed by atoms with Crippen molar-refractivity contribution < 1.29 is 18.0 Å². The van der Waals surface area contributed by atoms with E-state index in [0.29, 0.717) is 41.2 Å². The molecule has 1 aliphatic carbocycles. The van der Waals surface area contributed by atoms with Gasteiger partial charge in [-0.3, -0.25) is 9.59 Å². The minimum atomic E-state index is -3.08. The van der Waals surface area contributed by atoms with Crippen LogP contribution in [0.2, 0.25) is 0 Å². The molecule has 2 fully saturated rings. The van der Waals surface area contributed by atoms with Gasteiger partial charge in [0, 0.05) is 18.2 Å². The summed E-state index contributed by atoms with van der Waals surface area (Å²) in [5.41, 5.74) is 2.44. The van der Waals surface area contributed by atoms with Crippen molar-refractivity contribution >= 4 is 32.7 Å². The van der Waals surface area contributed by atoms with Crippen LogP contribution in [0.3, 0.4) is 0 Å². The van der Waals surface area contributed by atoms with Crippen molar-refractivity contribution in [2.75, 3.05) is 24.6 Å². The maximum atomic E-state index is 12.9. The van der Waals surface area contributed by atoms with Gasteiger partial charge in [-0.2, -0.15) is 5.10 Å². The highest BCUT2D eigenvalue weighted by atomic mass is 32.2. The average Bonchev–Trinajstić information content (AvgIpc) is 3.39. The second-order valence-electron chi connectivity index (χ2n) is 7.79. The van der Waals surface area contributed by atoms with Crippen LogP contribution in [0.4, 0.5) is 0 Å². The Bertz CT molecular complexity index is 1090. The van der Waals surface area contributed by atoms with Crippen molar-refractivity contribution in [3.63, 3.8) is 0 Å². The smallest absolute Gasteiger partial charge is 0.252 e. The number of aromatic nitrogens is 3. The lowest BCUT2D eigenvalue weighted by Gasteiger charge is -2.12. The third-order valence-corrected chi connectivity index (χ3v) is 7.19. The summed E-state index contributed by atoms with van der Waals surface area (Å²) in [5, 5.41) is 10.5. The van der Waals surface area contributed by atoms with Crippen LogP contribution in [0.1, 0.15) is 59.9 Å². The van der Waals surface area contributed by atoms with Gasteiger partial charge in [0.15, 0.2) is 15.5 Å². The zero-order chi connectivity index (χ0) is 20.8. The highest BCUT2D eigenvalue weighted by Crippen LogP contribution is 2.41. The van der Waals surface area contributed by atoms with E-state index in [0.717, 1.165) is 18.5 Å². The van der Waals surface area contributed by atoms with Crippen molar-refractivity contribution in [1.82, 2.24) is 25.4 Å². The largest absolute Gasteiger partial charge is 0.355 e. The van der Waals surface area contributed by atoms with E-state index in [1.807, 2.05) is 6.92 Å². The molecule has 0 aromatic carbocycles. The summed E-state index contributed by atoms with van der Waals surface area (Å²) in [7, 11) is -3.08. The van der Waals surface area contributed by atoms with Gasteiger partial charge in [0.25, 0.3) is 5.91 Å². The Kier molecular flexibility index (Phi) is 5.05. The second kappa shape index (κ2) is 7.40. The molecule has 3 heterocycles. The number of hydrogen-bond acceptors (Lipinski definition) is 6. The first-order valence-electron chi connectivity index (χ1n) is 9.94. The summed E-state index contributed by atoms with van der Waals surface area (Å²) in [6.45, 7) is 4.00. The zero-order valence-corrected chi connectivity index (χ0v) is 17.4. The number of sulfone groups is 1. The molecule has 156 valence electrons. The van der Waals surface area contributed by atoms with Gasteiger partial charge in [0.05, 0.1) is 40.7 Å². The lowest BCUT2D eigenvalue weighted by molar-refractivity contribution is -0.120. The lowest BCUT2D eigenvalue weighted by Crippen LogP contribution is -2.36. The molecule has 2 aromatic rings. The summed E-state index contributed by atoms with van der Waals surface area (Å²) < 4.78 is 25.6. The molecule has 2 aromatic heterocycles. The molecule has 29 heavy (non-hydrogen) atoms. The minimum absolute atomic E-state index is 0.0390. The van der Waals surface area contributed by atoms with Gasteiger partial charge in [0.2, 0.25) is 5.91 Å². The summed E-state index contributed by atoms with van der Waals surface area (Å²) in [4.78, 5) is 29.4. The number of nitrogens with zero attached hydrogens (tertiary/aromatic N) is 3. The Labute approximate surface area is 169 Å². The van der Waals surface area contributed by atoms with Gasteiger partial charge < -0.3 is 10.6 Å². The van der Waals surface area contributed by atoms with E-state index in [-0.39, 0.29) is 35.9 Å². The maximum absolute atomic E-state index is 12.9. The van der Waals surface area contributed by atoms with E-state index in [2.05, 4.69) is 15.7 Å². The molecule has 2 amide bonds. The number of carbonyl (C=O) groups is 2. The third-order valence-electron chi connectivity index (χ3n) is 5.43. The molecule has 10 heteroatoms.